The predicted molar refractivity (Wildman–Crippen MR) is 88.0 cm³/mol. The fourth-order valence-corrected chi connectivity index (χ4v) is 2.79. The van der Waals surface area contributed by atoms with Gasteiger partial charge in [-0.15, -0.1) is 0 Å². The summed E-state index contributed by atoms with van der Waals surface area (Å²) in [5.41, 5.74) is 0.923. The van der Waals surface area contributed by atoms with E-state index in [1.807, 2.05) is 12.1 Å². The number of nitrogens with one attached hydrogen (secondary N) is 1. The second-order valence-electron chi connectivity index (χ2n) is 5.39. The maximum atomic E-state index is 11.9. The number of anilines is 1. The Hall–Kier alpha value is -1.95. The van der Waals surface area contributed by atoms with Gasteiger partial charge in [-0.1, -0.05) is 11.6 Å². The lowest BCUT2D eigenvalue weighted by Crippen LogP contribution is -2.37. The van der Waals surface area contributed by atoms with Crippen molar-refractivity contribution in [1.82, 2.24) is 5.32 Å². The van der Waals surface area contributed by atoms with Gasteiger partial charge in [0.15, 0.2) is 0 Å². The number of hydrogen-bond acceptors (Lipinski definition) is 5. The molecule has 1 fully saturated rings. The molecule has 1 aliphatic rings. The quantitative estimate of drug-likeness (QED) is 0.802. The van der Waals surface area contributed by atoms with Gasteiger partial charge < -0.3 is 19.7 Å². The third-order valence-electron chi connectivity index (χ3n) is 3.82. The van der Waals surface area contributed by atoms with Crippen molar-refractivity contribution in [3.05, 3.63) is 23.2 Å². The average molecular weight is 341 g/mol. The summed E-state index contributed by atoms with van der Waals surface area (Å²) in [6.07, 6.45) is 1.07. The molecule has 0 aliphatic carbocycles. The Bertz CT molecular complexity index is 579. The van der Waals surface area contributed by atoms with E-state index in [9.17, 15) is 9.59 Å². The summed E-state index contributed by atoms with van der Waals surface area (Å²) >= 11 is 6.06. The van der Waals surface area contributed by atoms with Crippen molar-refractivity contribution in [3.63, 3.8) is 0 Å². The van der Waals surface area contributed by atoms with Crippen molar-refractivity contribution in [2.75, 3.05) is 32.2 Å². The number of esters is 1. The molecule has 0 spiro atoms. The number of ether oxygens (including phenoxy) is 2. The van der Waals surface area contributed by atoms with E-state index in [0.29, 0.717) is 11.6 Å². The third-order valence-corrected chi connectivity index (χ3v) is 4.05. The zero-order valence-corrected chi connectivity index (χ0v) is 14.1. The minimum Gasteiger partial charge on any atom is -0.495 e. The van der Waals surface area contributed by atoms with Crippen molar-refractivity contribution in [3.8, 4) is 5.75 Å². The molecule has 0 bridgehead atoms. The Morgan fingerprint density at radius 1 is 1.35 bits per heavy atom. The van der Waals surface area contributed by atoms with Crippen molar-refractivity contribution in [2.24, 2.45) is 0 Å². The molecule has 0 aromatic heterocycles. The van der Waals surface area contributed by atoms with Crippen LogP contribution in [0.5, 0.6) is 5.75 Å². The van der Waals surface area contributed by atoms with E-state index in [1.165, 1.54) is 7.11 Å². The zero-order valence-electron chi connectivity index (χ0n) is 13.3. The van der Waals surface area contributed by atoms with Crippen LogP contribution in [-0.4, -0.2) is 45.2 Å². The lowest BCUT2D eigenvalue weighted by Gasteiger charge is -2.21. The van der Waals surface area contributed by atoms with Crippen LogP contribution in [0.1, 0.15) is 19.3 Å². The second kappa shape index (κ2) is 8.06. The number of rotatable bonds is 6. The molecule has 126 valence electrons. The Kier molecular flexibility index (Phi) is 6.10. The highest BCUT2D eigenvalue weighted by atomic mass is 35.5. The number of benzene rings is 1. The fraction of sp³-hybridized carbons (Fsp3) is 0.500. The van der Waals surface area contributed by atoms with Gasteiger partial charge in [0.05, 0.1) is 26.3 Å². The second-order valence-corrected chi connectivity index (χ2v) is 5.83. The van der Waals surface area contributed by atoms with Gasteiger partial charge in [0.2, 0.25) is 5.91 Å². The standard InChI is InChI=1S/C16H21ClN2O4/c1-22-14-4-3-11(17)9-13(14)19-8-7-12(10-19)18-15(20)5-6-16(21)23-2/h3-4,9,12H,5-8,10H2,1-2H3,(H,18,20)/t12-/m0/s1. The summed E-state index contributed by atoms with van der Waals surface area (Å²) in [5.74, 6) is 0.240. The van der Waals surface area contributed by atoms with Crippen LogP contribution in [0.25, 0.3) is 0 Å². The molecule has 1 aliphatic heterocycles. The number of carbonyl (C=O) groups excluding carboxylic acids is 2. The van der Waals surface area contributed by atoms with E-state index in [4.69, 9.17) is 16.3 Å². The number of halogens is 1. The molecule has 0 unspecified atom stereocenters. The molecular formula is C16H21ClN2O4. The van der Waals surface area contributed by atoms with Crippen LogP contribution in [0.2, 0.25) is 5.02 Å². The first-order chi connectivity index (χ1) is 11.0. The van der Waals surface area contributed by atoms with Crippen molar-refractivity contribution < 1.29 is 19.1 Å². The van der Waals surface area contributed by atoms with Crippen LogP contribution in [0.3, 0.4) is 0 Å². The first-order valence-electron chi connectivity index (χ1n) is 7.48. The van der Waals surface area contributed by atoms with Crippen LogP contribution in [-0.2, 0) is 14.3 Å². The summed E-state index contributed by atoms with van der Waals surface area (Å²) in [5, 5.41) is 3.59. The first kappa shape index (κ1) is 17.4. The number of hydrogen-bond donors (Lipinski definition) is 1. The minimum absolute atomic E-state index is 0.0452. The van der Waals surface area contributed by atoms with E-state index >= 15 is 0 Å². The van der Waals surface area contributed by atoms with E-state index < -0.39 is 0 Å². The number of methoxy groups -OCH3 is 2. The molecular weight excluding hydrogens is 320 g/mol. The molecule has 1 atom stereocenters. The monoisotopic (exact) mass is 340 g/mol. The molecule has 0 saturated carbocycles. The molecule has 0 radical (unpaired) electrons. The van der Waals surface area contributed by atoms with Gasteiger partial charge >= 0.3 is 5.97 Å². The number of amides is 1. The van der Waals surface area contributed by atoms with Gasteiger partial charge in [-0.05, 0) is 24.6 Å². The van der Waals surface area contributed by atoms with Gasteiger partial charge in [-0.25, -0.2) is 0 Å². The molecule has 1 heterocycles. The van der Waals surface area contributed by atoms with Gasteiger partial charge in [0.1, 0.15) is 5.75 Å². The molecule has 7 heteroatoms. The van der Waals surface area contributed by atoms with E-state index in [1.54, 1.807) is 13.2 Å². The average Bonchev–Trinajstić information content (AvgIpc) is 3.00. The number of carbonyl (C=O) groups is 2. The van der Waals surface area contributed by atoms with E-state index in [-0.39, 0.29) is 30.8 Å². The molecule has 1 aromatic rings. The van der Waals surface area contributed by atoms with E-state index in [2.05, 4.69) is 15.0 Å². The molecule has 2 rings (SSSR count). The van der Waals surface area contributed by atoms with Crippen LogP contribution < -0.4 is 15.0 Å². The van der Waals surface area contributed by atoms with Crippen LogP contribution in [0.4, 0.5) is 5.69 Å². The van der Waals surface area contributed by atoms with Gasteiger partial charge in [0.25, 0.3) is 0 Å². The molecule has 1 aromatic carbocycles. The van der Waals surface area contributed by atoms with E-state index in [0.717, 1.165) is 24.4 Å². The molecule has 23 heavy (non-hydrogen) atoms. The SMILES string of the molecule is COC(=O)CCC(=O)N[C@H]1CCN(c2cc(Cl)ccc2OC)C1. The topological polar surface area (TPSA) is 67.9 Å². The lowest BCUT2D eigenvalue weighted by molar-refractivity contribution is -0.142. The fourth-order valence-electron chi connectivity index (χ4n) is 2.62. The van der Waals surface area contributed by atoms with Crippen LogP contribution in [0.15, 0.2) is 18.2 Å². The highest BCUT2D eigenvalue weighted by Gasteiger charge is 2.26. The smallest absolute Gasteiger partial charge is 0.306 e. The Labute approximate surface area is 140 Å². The van der Waals surface area contributed by atoms with Crippen LogP contribution >= 0.6 is 11.6 Å². The summed E-state index contributed by atoms with van der Waals surface area (Å²) < 4.78 is 9.90. The molecule has 6 nitrogen and oxygen atoms in total. The van der Waals surface area contributed by atoms with Crippen LogP contribution in [0, 0.1) is 0 Å². The largest absolute Gasteiger partial charge is 0.495 e. The summed E-state index contributed by atoms with van der Waals surface area (Å²) in [4.78, 5) is 25.0. The summed E-state index contributed by atoms with van der Waals surface area (Å²) in [7, 11) is 2.93. The molecule has 1 N–H and O–H groups in total. The Morgan fingerprint density at radius 2 is 2.13 bits per heavy atom. The minimum atomic E-state index is -0.378. The molecule has 1 saturated heterocycles. The summed E-state index contributed by atoms with van der Waals surface area (Å²) in [6.45, 7) is 1.49. The Morgan fingerprint density at radius 3 is 2.83 bits per heavy atom. The van der Waals surface area contributed by atoms with Gasteiger partial charge in [0, 0.05) is 30.6 Å². The lowest BCUT2D eigenvalue weighted by atomic mass is 10.2. The van der Waals surface area contributed by atoms with Crippen molar-refractivity contribution in [1.29, 1.82) is 0 Å². The Balaban J connectivity index is 1.90. The predicted octanol–water partition coefficient (Wildman–Crippen LogP) is 2.00. The maximum absolute atomic E-state index is 11.9. The maximum Gasteiger partial charge on any atom is 0.306 e. The zero-order chi connectivity index (χ0) is 16.8. The third kappa shape index (κ3) is 4.76. The van der Waals surface area contributed by atoms with Gasteiger partial charge in [-0.2, -0.15) is 0 Å². The normalized spacial score (nSPS) is 17.0. The van der Waals surface area contributed by atoms with Gasteiger partial charge in [-0.3, -0.25) is 9.59 Å². The van der Waals surface area contributed by atoms with Crippen molar-refractivity contribution >= 4 is 29.2 Å². The van der Waals surface area contributed by atoms with Crippen molar-refractivity contribution in [2.45, 2.75) is 25.3 Å². The highest BCUT2D eigenvalue weighted by molar-refractivity contribution is 6.30. The number of nitrogens with zero attached hydrogens (tertiary/aromatic N) is 1. The molecule has 1 amide bonds. The highest BCUT2D eigenvalue weighted by Crippen LogP contribution is 2.33. The first-order valence-corrected chi connectivity index (χ1v) is 7.86. The summed E-state index contributed by atoms with van der Waals surface area (Å²) in [6, 6.07) is 5.53.